The van der Waals surface area contributed by atoms with Gasteiger partial charge in [0.1, 0.15) is 12.2 Å². The predicted octanol–water partition coefficient (Wildman–Crippen LogP) is 2.61. The minimum atomic E-state index is -0.572. The molecule has 0 saturated heterocycles. The van der Waals surface area contributed by atoms with Crippen LogP contribution in [0.2, 0.25) is 0 Å². The van der Waals surface area contributed by atoms with E-state index in [9.17, 15) is 5.11 Å². The molecule has 1 aromatic rings. The summed E-state index contributed by atoms with van der Waals surface area (Å²) in [6, 6.07) is 9.98. The third-order valence-corrected chi connectivity index (χ3v) is 2.41. The maximum Gasteiger partial charge on any atom is 0.117 e. The lowest BCUT2D eigenvalue weighted by Crippen LogP contribution is -2.13. The highest BCUT2D eigenvalue weighted by Crippen LogP contribution is 2.03. The molecule has 2 nitrogen and oxygen atoms in total. The van der Waals surface area contributed by atoms with E-state index < -0.39 is 6.10 Å². The molecule has 0 fully saturated rings. The maximum absolute atomic E-state index is 9.53. The number of aliphatic hydroxyl groups is 1. The monoisotopic (exact) mass is 232 g/mol. The molecular formula is C15H20O2. The highest BCUT2D eigenvalue weighted by atomic mass is 16.5. The molecule has 0 radical (unpaired) electrons. The van der Waals surface area contributed by atoms with E-state index in [1.54, 1.807) is 0 Å². The van der Waals surface area contributed by atoms with E-state index in [0.29, 0.717) is 6.61 Å². The summed E-state index contributed by atoms with van der Waals surface area (Å²) in [5, 5.41) is 9.53. The van der Waals surface area contributed by atoms with E-state index >= 15 is 0 Å². The van der Waals surface area contributed by atoms with Gasteiger partial charge in [-0.15, -0.1) is 0 Å². The van der Waals surface area contributed by atoms with Crippen molar-refractivity contribution in [3.05, 3.63) is 35.9 Å². The topological polar surface area (TPSA) is 29.5 Å². The molecule has 0 aromatic heterocycles. The molecule has 0 aliphatic heterocycles. The summed E-state index contributed by atoms with van der Waals surface area (Å²) < 4.78 is 5.57. The molecule has 0 unspecified atom stereocenters. The Bertz CT molecular complexity index is 373. The van der Waals surface area contributed by atoms with Crippen molar-refractivity contribution >= 4 is 0 Å². The fraction of sp³-hybridized carbons (Fsp3) is 0.467. The van der Waals surface area contributed by atoms with Gasteiger partial charge in [-0.2, -0.15) is 0 Å². The first-order valence-corrected chi connectivity index (χ1v) is 5.94. The molecule has 2 atom stereocenters. The number of aliphatic hydroxyl groups excluding tert-OH is 1. The lowest BCUT2D eigenvalue weighted by Gasteiger charge is -2.09. The highest BCUT2D eigenvalue weighted by Gasteiger charge is 2.04. The third-order valence-electron chi connectivity index (χ3n) is 2.41. The first kappa shape index (κ1) is 13.8. The Morgan fingerprint density at radius 2 is 1.76 bits per heavy atom. The largest absolute Gasteiger partial charge is 0.380 e. The van der Waals surface area contributed by atoms with Gasteiger partial charge in [-0.05, 0) is 18.4 Å². The predicted molar refractivity (Wildman–Crippen MR) is 69.3 cm³/mol. The average Bonchev–Trinajstić information content (AvgIpc) is 2.34. The Balaban J connectivity index is 2.38. The molecule has 1 aromatic carbocycles. The van der Waals surface area contributed by atoms with Gasteiger partial charge in [0.15, 0.2) is 0 Å². The van der Waals surface area contributed by atoms with Crippen molar-refractivity contribution in [3.8, 4) is 11.8 Å². The Morgan fingerprint density at radius 1 is 1.12 bits per heavy atom. The van der Waals surface area contributed by atoms with Gasteiger partial charge in [0.2, 0.25) is 0 Å². The summed E-state index contributed by atoms with van der Waals surface area (Å²) in [4.78, 5) is 0. The normalized spacial score (nSPS) is 13.9. The van der Waals surface area contributed by atoms with Crippen LogP contribution in [0.15, 0.2) is 30.3 Å². The summed E-state index contributed by atoms with van der Waals surface area (Å²) in [7, 11) is 0. The summed E-state index contributed by atoms with van der Waals surface area (Å²) in [5.74, 6) is 5.87. The third kappa shape index (κ3) is 5.53. The van der Waals surface area contributed by atoms with Crippen LogP contribution >= 0.6 is 0 Å². The van der Waals surface area contributed by atoms with Crippen LogP contribution in [0, 0.1) is 17.8 Å². The van der Waals surface area contributed by atoms with Crippen LogP contribution in [0.3, 0.4) is 0 Å². The van der Waals surface area contributed by atoms with Crippen LogP contribution in [0.25, 0.3) is 0 Å². The lowest BCUT2D eigenvalue weighted by molar-refractivity contribution is 0.0894. The van der Waals surface area contributed by atoms with Gasteiger partial charge in [0.05, 0.1) is 6.61 Å². The van der Waals surface area contributed by atoms with Gasteiger partial charge in [0.25, 0.3) is 0 Å². The number of rotatable bonds is 4. The fourth-order valence-electron chi connectivity index (χ4n) is 1.21. The molecule has 0 saturated carbocycles. The van der Waals surface area contributed by atoms with Gasteiger partial charge in [0, 0.05) is 0 Å². The van der Waals surface area contributed by atoms with Crippen molar-refractivity contribution < 1.29 is 9.84 Å². The lowest BCUT2D eigenvalue weighted by atomic mass is 10.1. The highest BCUT2D eigenvalue weighted by molar-refractivity contribution is 5.14. The van der Waals surface area contributed by atoms with E-state index in [0.717, 1.165) is 5.56 Å². The van der Waals surface area contributed by atoms with Crippen molar-refractivity contribution in [3.63, 3.8) is 0 Å². The molecule has 0 aliphatic carbocycles. The van der Waals surface area contributed by atoms with E-state index in [-0.39, 0.29) is 12.0 Å². The molecule has 0 heterocycles. The Kier molecular flexibility index (Phi) is 5.76. The molecule has 1 N–H and O–H groups in total. The smallest absolute Gasteiger partial charge is 0.117 e. The zero-order chi connectivity index (χ0) is 12.7. The Hall–Kier alpha value is -1.30. The number of benzene rings is 1. The standard InChI is InChI=1S/C15H20O2/c1-12(2)15(16)10-9-13(3)17-11-14-7-5-4-6-8-14/h4-8,12-13,15-16H,11H2,1-3H3/t13-,15+/m0/s1. The number of ether oxygens (including phenoxy) is 1. The SMILES string of the molecule is CC(C)[C@H](O)C#C[C@H](C)OCc1ccccc1. The maximum atomic E-state index is 9.53. The van der Waals surface area contributed by atoms with Gasteiger partial charge >= 0.3 is 0 Å². The van der Waals surface area contributed by atoms with Crippen molar-refractivity contribution in [2.45, 2.75) is 39.6 Å². The second-order valence-electron chi connectivity index (χ2n) is 4.42. The van der Waals surface area contributed by atoms with Crippen molar-refractivity contribution in [2.75, 3.05) is 0 Å². The van der Waals surface area contributed by atoms with E-state index in [4.69, 9.17) is 4.74 Å². The Labute approximate surface area is 104 Å². The summed E-state index contributed by atoms with van der Waals surface area (Å²) >= 11 is 0. The quantitative estimate of drug-likeness (QED) is 0.809. The second-order valence-corrected chi connectivity index (χ2v) is 4.42. The minimum Gasteiger partial charge on any atom is -0.380 e. The zero-order valence-electron chi connectivity index (χ0n) is 10.7. The van der Waals surface area contributed by atoms with Crippen LogP contribution in [0.5, 0.6) is 0 Å². The average molecular weight is 232 g/mol. The van der Waals surface area contributed by atoms with E-state index in [1.807, 2.05) is 51.1 Å². The van der Waals surface area contributed by atoms with Crippen molar-refractivity contribution in [1.82, 2.24) is 0 Å². The molecule has 0 bridgehead atoms. The minimum absolute atomic E-state index is 0.156. The molecule has 92 valence electrons. The molecule has 1 rings (SSSR count). The van der Waals surface area contributed by atoms with Gasteiger partial charge in [-0.3, -0.25) is 0 Å². The van der Waals surface area contributed by atoms with Crippen molar-refractivity contribution in [2.24, 2.45) is 5.92 Å². The van der Waals surface area contributed by atoms with E-state index in [1.165, 1.54) is 0 Å². The van der Waals surface area contributed by atoms with Gasteiger partial charge in [-0.1, -0.05) is 56.0 Å². The second kappa shape index (κ2) is 7.11. The molecule has 17 heavy (non-hydrogen) atoms. The summed E-state index contributed by atoms with van der Waals surface area (Å²) in [5.41, 5.74) is 1.13. The first-order valence-electron chi connectivity index (χ1n) is 5.94. The summed E-state index contributed by atoms with van der Waals surface area (Å²) in [6.45, 7) is 6.32. The fourth-order valence-corrected chi connectivity index (χ4v) is 1.21. The number of hydrogen-bond donors (Lipinski definition) is 1. The van der Waals surface area contributed by atoms with Crippen LogP contribution in [0.1, 0.15) is 26.3 Å². The first-order chi connectivity index (χ1) is 8.09. The van der Waals surface area contributed by atoms with Crippen molar-refractivity contribution in [1.29, 1.82) is 0 Å². The molecule has 0 aliphatic rings. The summed E-state index contributed by atoms with van der Waals surface area (Å²) in [6.07, 6.45) is -0.735. The van der Waals surface area contributed by atoms with Crippen LogP contribution in [-0.2, 0) is 11.3 Å². The van der Waals surface area contributed by atoms with Gasteiger partial charge in [-0.25, -0.2) is 0 Å². The van der Waals surface area contributed by atoms with E-state index in [2.05, 4.69) is 11.8 Å². The zero-order valence-corrected chi connectivity index (χ0v) is 10.7. The van der Waals surface area contributed by atoms with Gasteiger partial charge < -0.3 is 9.84 Å². The molecule has 0 spiro atoms. The molecule has 2 heteroatoms. The van der Waals surface area contributed by atoms with Crippen LogP contribution < -0.4 is 0 Å². The van der Waals surface area contributed by atoms with Crippen LogP contribution in [0.4, 0.5) is 0 Å². The Morgan fingerprint density at radius 3 is 2.35 bits per heavy atom. The molecular weight excluding hydrogens is 212 g/mol. The number of hydrogen-bond acceptors (Lipinski definition) is 2. The van der Waals surface area contributed by atoms with Crippen LogP contribution in [-0.4, -0.2) is 17.3 Å². The molecule has 0 amide bonds.